The number of hydrogen-bond acceptors (Lipinski definition) is 6. The number of rotatable bonds is 11. The fourth-order valence-electron chi connectivity index (χ4n) is 3.04. The monoisotopic (exact) mass is 382 g/mol. The van der Waals surface area contributed by atoms with Crippen LogP contribution in [0.4, 0.5) is 5.95 Å². The summed E-state index contributed by atoms with van der Waals surface area (Å²) in [5.74, 6) is 1.44. The number of aryl methyl sites for hydroxylation is 3. The van der Waals surface area contributed by atoms with E-state index in [-0.39, 0.29) is 12.3 Å². The number of anilines is 1. The molecule has 3 rings (SSSR count). The third-order valence-corrected chi connectivity index (χ3v) is 4.53. The Morgan fingerprint density at radius 1 is 1.18 bits per heavy atom. The van der Waals surface area contributed by atoms with Gasteiger partial charge in [-0.3, -0.25) is 4.79 Å². The number of hydrogen-bond donors (Lipinski definition) is 2. The molecule has 0 amide bonds. The zero-order valence-electron chi connectivity index (χ0n) is 16.1. The minimum Gasteiger partial charge on any atom is -0.497 e. The van der Waals surface area contributed by atoms with Crippen molar-refractivity contribution in [3.05, 3.63) is 53.6 Å². The van der Waals surface area contributed by atoms with Gasteiger partial charge in [-0.05, 0) is 49.8 Å². The number of imidazole rings is 1. The molecule has 0 unspecified atom stereocenters. The summed E-state index contributed by atoms with van der Waals surface area (Å²) in [6.07, 6.45) is 8.38. The number of aromatic amines is 1. The van der Waals surface area contributed by atoms with E-state index in [2.05, 4.69) is 20.3 Å². The van der Waals surface area contributed by atoms with Gasteiger partial charge in [-0.25, -0.2) is 9.67 Å². The Kier molecular flexibility index (Phi) is 6.78. The van der Waals surface area contributed by atoms with Crippen molar-refractivity contribution in [3.8, 4) is 5.75 Å². The fourth-order valence-corrected chi connectivity index (χ4v) is 3.04. The van der Waals surface area contributed by atoms with Gasteiger partial charge in [0.25, 0.3) is 0 Å². The van der Waals surface area contributed by atoms with Crippen LogP contribution in [-0.4, -0.2) is 37.9 Å². The Bertz CT molecular complexity index is 884. The zero-order valence-corrected chi connectivity index (χ0v) is 16.1. The molecule has 3 N–H and O–H groups in total. The molecule has 0 saturated carbocycles. The van der Waals surface area contributed by atoms with Gasteiger partial charge in [0, 0.05) is 18.3 Å². The van der Waals surface area contributed by atoms with Crippen molar-refractivity contribution in [2.45, 2.75) is 45.1 Å². The van der Waals surface area contributed by atoms with Gasteiger partial charge in [-0.2, -0.15) is 0 Å². The Balaban J connectivity index is 1.35. The molecule has 0 fully saturated rings. The van der Waals surface area contributed by atoms with Crippen molar-refractivity contribution in [1.82, 2.24) is 25.0 Å². The molecule has 3 aromatic rings. The number of carbonyl (C=O) groups excluding carboxylic acids is 1. The number of carbonyl (C=O) groups is 1. The van der Waals surface area contributed by atoms with Gasteiger partial charge in [0.15, 0.2) is 11.7 Å². The molecule has 28 heavy (non-hydrogen) atoms. The third-order valence-electron chi connectivity index (χ3n) is 4.53. The molecule has 8 heteroatoms. The van der Waals surface area contributed by atoms with Crippen LogP contribution in [0, 0.1) is 0 Å². The van der Waals surface area contributed by atoms with E-state index in [4.69, 9.17) is 10.5 Å². The summed E-state index contributed by atoms with van der Waals surface area (Å²) < 4.78 is 6.77. The van der Waals surface area contributed by atoms with Gasteiger partial charge in [-0.1, -0.05) is 17.3 Å². The van der Waals surface area contributed by atoms with E-state index in [1.807, 2.05) is 30.5 Å². The van der Waals surface area contributed by atoms with E-state index in [0.29, 0.717) is 12.4 Å². The lowest BCUT2D eigenvalue weighted by Gasteiger charge is -2.04. The van der Waals surface area contributed by atoms with Crippen molar-refractivity contribution >= 4 is 11.7 Å². The van der Waals surface area contributed by atoms with Crippen molar-refractivity contribution in [2.24, 2.45) is 0 Å². The Morgan fingerprint density at radius 2 is 2.00 bits per heavy atom. The van der Waals surface area contributed by atoms with Crippen molar-refractivity contribution < 1.29 is 9.53 Å². The van der Waals surface area contributed by atoms with Gasteiger partial charge < -0.3 is 15.5 Å². The molecule has 2 heterocycles. The normalized spacial score (nSPS) is 10.9. The molecule has 2 aromatic heterocycles. The largest absolute Gasteiger partial charge is 0.497 e. The molecule has 8 nitrogen and oxygen atoms in total. The molecule has 0 aliphatic heterocycles. The average molecular weight is 382 g/mol. The van der Waals surface area contributed by atoms with Crippen LogP contribution < -0.4 is 10.5 Å². The van der Waals surface area contributed by atoms with Gasteiger partial charge in [0.1, 0.15) is 12.3 Å². The van der Waals surface area contributed by atoms with Crippen LogP contribution in [0.2, 0.25) is 0 Å². The van der Waals surface area contributed by atoms with E-state index in [0.717, 1.165) is 49.2 Å². The fraction of sp³-hybridized carbons (Fsp3) is 0.400. The number of aromatic nitrogens is 5. The van der Waals surface area contributed by atoms with E-state index in [1.165, 1.54) is 5.56 Å². The lowest BCUT2D eigenvalue weighted by atomic mass is 10.1. The number of ether oxygens (including phenoxy) is 1. The smallest absolute Gasteiger partial charge is 0.197 e. The maximum atomic E-state index is 12.2. The van der Waals surface area contributed by atoms with Crippen LogP contribution >= 0.6 is 0 Å². The number of methoxy groups -OCH3 is 1. The molecule has 0 aliphatic rings. The van der Waals surface area contributed by atoms with E-state index < -0.39 is 0 Å². The standard InChI is InChI=1S/C20H26N6O2/c1-28-19-10-8-15(9-11-19)4-2-7-18(27)14-26-13-17(24-25-26)6-3-5-16-12-22-20(21)23-16/h8-13H,2-7,14H2,1H3,(H3,21,22,23). The first-order chi connectivity index (χ1) is 13.6. The first kappa shape index (κ1) is 19.6. The van der Waals surface area contributed by atoms with Crippen LogP contribution in [0.15, 0.2) is 36.7 Å². The SMILES string of the molecule is COc1ccc(CCCC(=O)Cn2cc(CCCc3cnc(N)[nH]3)nn2)cc1. The van der Waals surface area contributed by atoms with Gasteiger partial charge in [0.2, 0.25) is 0 Å². The predicted octanol–water partition coefficient (Wildman–Crippen LogP) is 2.36. The minimum atomic E-state index is 0.165. The predicted molar refractivity (Wildman–Crippen MR) is 106 cm³/mol. The van der Waals surface area contributed by atoms with E-state index in [1.54, 1.807) is 18.0 Å². The number of H-pyrrole nitrogens is 1. The summed E-state index contributed by atoms with van der Waals surface area (Å²) in [6, 6.07) is 7.94. The van der Waals surface area contributed by atoms with Crippen molar-refractivity contribution in [3.63, 3.8) is 0 Å². The van der Waals surface area contributed by atoms with E-state index >= 15 is 0 Å². The maximum absolute atomic E-state index is 12.2. The molecule has 0 saturated heterocycles. The topological polar surface area (TPSA) is 112 Å². The second-order valence-electron chi connectivity index (χ2n) is 6.79. The molecule has 0 bridgehead atoms. The van der Waals surface area contributed by atoms with Crippen LogP contribution in [0.3, 0.4) is 0 Å². The first-order valence-corrected chi connectivity index (χ1v) is 9.45. The highest BCUT2D eigenvalue weighted by Gasteiger charge is 2.07. The molecule has 148 valence electrons. The molecule has 0 radical (unpaired) electrons. The van der Waals surface area contributed by atoms with Crippen molar-refractivity contribution in [2.75, 3.05) is 12.8 Å². The zero-order chi connectivity index (χ0) is 19.8. The highest BCUT2D eigenvalue weighted by molar-refractivity contribution is 5.78. The Hall–Kier alpha value is -3.16. The highest BCUT2D eigenvalue weighted by atomic mass is 16.5. The summed E-state index contributed by atoms with van der Waals surface area (Å²) in [6.45, 7) is 0.271. The summed E-state index contributed by atoms with van der Waals surface area (Å²) in [4.78, 5) is 19.2. The number of nitrogen functional groups attached to an aromatic ring is 1. The number of benzene rings is 1. The van der Waals surface area contributed by atoms with Gasteiger partial charge in [0.05, 0.1) is 19.0 Å². The summed E-state index contributed by atoms with van der Waals surface area (Å²) in [5.41, 5.74) is 8.66. The minimum absolute atomic E-state index is 0.165. The molecule has 0 aliphatic carbocycles. The third kappa shape index (κ3) is 5.94. The maximum Gasteiger partial charge on any atom is 0.197 e. The summed E-state index contributed by atoms with van der Waals surface area (Å²) in [7, 11) is 1.65. The second-order valence-corrected chi connectivity index (χ2v) is 6.79. The lowest BCUT2D eigenvalue weighted by Crippen LogP contribution is -2.10. The number of ketones is 1. The summed E-state index contributed by atoms with van der Waals surface area (Å²) in [5, 5.41) is 8.21. The van der Waals surface area contributed by atoms with E-state index in [9.17, 15) is 4.79 Å². The van der Waals surface area contributed by atoms with Crippen LogP contribution in [0.5, 0.6) is 5.75 Å². The van der Waals surface area contributed by atoms with Crippen LogP contribution in [-0.2, 0) is 30.6 Å². The number of nitrogens with two attached hydrogens (primary N) is 1. The molecule has 0 spiro atoms. The van der Waals surface area contributed by atoms with Crippen LogP contribution in [0.25, 0.3) is 0 Å². The Morgan fingerprint density at radius 3 is 2.71 bits per heavy atom. The first-order valence-electron chi connectivity index (χ1n) is 9.45. The Labute approximate surface area is 164 Å². The molecular weight excluding hydrogens is 356 g/mol. The van der Waals surface area contributed by atoms with Gasteiger partial charge in [-0.15, -0.1) is 5.10 Å². The van der Waals surface area contributed by atoms with Crippen molar-refractivity contribution in [1.29, 1.82) is 0 Å². The quantitative estimate of drug-likeness (QED) is 0.526. The number of Topliss-reactive ketones (excluding diaryl/α,β-unsaturated/α-hetero) is 1. The van der Waals surface area contributed by atoms with Gasteiger partial charge >= 0.3 is 0 Å². The second kappa shape index (κ2) is 9.68. The lowest BCUT2D eigenvalue weighted by molar-refractivity contribution is -0.119. The molecule has 0 atom stereocenters. The van der Waals surface area contributed by atoms with Crippen LogP contribution in [0.1, 0.15) is 36.2 Å². The highest BCUT2D eigenvalue weighted by Crippen LogP contribution is 2.13. The average Bonchev–Trinajstić information content (AvgIpc) is 3.31. The molecular formula is C20H26N6O2. The summed E-state index contributed by atoms with van der Waals surface area (Å²) >= 11 is 0. The number of nitrogens with one attached hydrogen (secondary N) is 1. The number of nitrogens with zero attached hydrogens (tertiary/aromatic N) is 4. The molecule has 1 aromatic carbocycles.